The average molecular weight is 189 g/mol. The van der Waals surface area contributed by atoms with E-state index in [1.807, 2.05) is 19.0 Å². The second kappa shape index (κ2) is 6.59. The molecule has 0 aromatic heterocycles. The maximum absolute atomic E-state index is 10.0. The molecule has 76 valence electrons. The number of carboxylic acids is 1. The lowest BCUT2D eigenvalue weighted by Crippen LogP contribution is -2.21. The van der Waals surface area contributed by atoms with Crippen molar-refractivity contribution in [1.82, 2.24) is 4.90 Å². The lowest BCUT2D eigenvalue weighted by atomic mass is 10.5. The first-order chi connectivity index (χ1) is 6.02. The van der Waals surface area contributed by atoms with Crippen LogP contribution in [0.15, 0.2) is 12.2 Å². The molecule has 0 aliphatic heterocycles. The lowest BCUT2D eigenvalue weighted by Gasteiger charge is -2.11. The van der Waals surface area contributed by atoms with Crippen molar-refractivity contribution in [2.75, 3.05) is 27.2 Å². The van der Waals surface area contributed by atoms with Crippen molar-refractivity contribution in [2.24, 2.45) is 0 Å². The second-order valence-corrected chi connectivity index (χ2v) is 2.76. The standard InChI is InChI=1S/C8H15NO4/c1-9(2)5-6-13-8(12)4-3-7(10)11/h3-4,8,12H,5-6H2,1-2H3,(H,10,11). The second-order valence-electron chi connectivity index (χ2n) is 2.76. The Morgan fingerprint density at radius 1 is 1.62 bits per heavy atom. The quantitative estimate of drug-likeness (QED) is 0.436. The van der Waals surface area contributed by atoms with Crippen LogP contribution in [0.1, 0.15) is 0 Å². The first kappa shape index (κ1) is 12.1. The summed E-state index contributed by atoms with van der Waals surface area (Å²) in [4.78, 5) is 11.9. The maximum atomic E-state index is 10.0. The van der Waals surface area contributed by atoms with Crippen LogP contribution in [0, 0.1) is 0 Å². The van der Waals surface area contributed by atoms with Crippen molar-refractivity contribution in [3.05, 3.63) is 12.2 Å². The molecule has 0 spiro atoms. The molecule has 0 aromatic carbocycles. The monoisotopic (exact) mass is 189 g/mol. The number of hydrogen-bond donors (Lipinski definition) is 2. The molecule has 0 radical (unpaired) electrons. The van der Waals surface area contributed by atoms with Gasteiger partial charge in [-0.15, -0.1) is 0 Å². The largest absolute Gasteiger partial charge is 0.478 e. The van der Waals surface area contributed by atoms with Gasteiger partial charge in [-0.2, -0.15) is 0 Å². The van der Waals surface area contributed by atoms with Gasteiger partial charge in [-0.25, -0.2) is 4.79 Å². The Labute approximate surface area is 77.2 Å². The fourth-order valence-electron chi connectivity index (χ4n) is 0.576. The van der Waals surface area contributed by atoms with Gasteiger partial charge in [0, 0.05) is 12.6 Å². The zero-order valence-corrected chi connectivity index (χ0v) is 7.80. The van der Waals surface area contributed by atoms with E-state index in [-0.39, 0.29) is 0 Å². The van der Waals surface area contributed by atoms with Crippen LogP contribution in [-0.4, -0.2) is 54.6 Å². The van der Waals surface area contributed by atoms with Crippen molar-refractivity contribution in [3.8, 4) is 0 Å². The molecule has 1 atom stereocenters. The SMILES string of the molecule is CN(C)CCOC(O)C=CC(=O)O. The van der Waals surface area contributed by atoms with Crippen LogP contribution in [0.5, 0.6) is 0 Å². The Bertz CT molecular complexity index is 179. The Hall–Kier alpha value is -0.910. The minimum atomic E-state index is -1.14. The van der Waals surface area contributed by atoms with E-state index in [4.69, 9.17) is 14.9 Å². The summed E-state index contributed by atoms with van der Waals surface area (Å²) in [5, 5.41) is 17.2. The number of ether oxygens (including phenoxy) is 1. The van der Waals surface area contributed by atoms with E-state index >= 15 is 0 Å². The highest BCUT2D eigenvalue weighted by Crippen LogP contribution is 1.89. The molecule has 0 fully saturated rings. The van der Waals surface area contributed by atoms with Crippen molar-refractivity contribution < 1.29 is 19.7 Å². The third-order valence-corrected chi connectivity index (χ3v) is 1.23. The van der Waals surface area contributed by atoms with E-state index in [1.54, 1.807) is 0 Å². The normalized spacial score (nSPS) is 13.8. The highest BCUT2D eigenvalue weighted by atomic mass is 16.6. The van der Waals surface area contributed by atoms with Gasteiger partial charge < -0.3 is 19.8 Å². The van der Waals surface area contributed by atoms with E-state index < -0.39 is 12.3 Å². The topological polar surface area (TPSA) is 70.0 Å². The highest BCUT2D eigenvalue weighted by molar-refractivity contribution is 5.79. The molecule has 2 N–H and O–H groups in total. The van der Waals surface area contributed by atoms with Crippen LogP contribution >= 0.6 is 0 Å². The minimum absolute atomic E-state index is 0.359. The highest BCUT2D eigenvalue weighted by Gasteiger charge is 1.99. The van der Waals surface area contributed by atoms with Crippen molar-refractivity contribution in [1.29, 1.82) is 0 Å². The first-order valence-electron chi connectivity index (χ1n) is 3.88. The summed E-state index contributed by atoms with van der Waals surface area (Å²) >= 11 is 0. The van der Waals surface area contributed by atoms with Crippen molar-refractivity contribution >= 4 is 5.97 Å². The molecule has 0 bridgehead atoms. The van der Waals surface area contributed by atoms with Crippen LogP contribution in [0.25, 0.3) is 0 Å². The third kappa shape index (κ3) is 9.00. The molecule has 0 heterocycles. The third-order valence-electron chi connectivity index (χ3n) is 1.23. The van der Waals surface area contributed by atoms with Crippen LogP contribution in [-0.2, 0) is 9.53 Å². The van der Waals surface area contributed by atoms with Gasteiger partial charge in [-0.3, -0.25) is 0 Å². The van der Waals surface area contributed by atoms with Crippen LogP contribution in [0.2, 0.25) is 0 Å². The molecule has 5 nitrogen and oxygen atoms in total. The van der Waals surface area contributed by atoms with Gasteiger partial charge in [0.25, 0.3) is 0 Å². The Balaban J connectivity index is 3.51. The van der Waals surface area contributed by atoms with Gasteiger partial charge in [0.2, 0.25) is 0 Å². The number of aliphatic hydroxyl groups is 1. The summed E-state index contributed by atoms with van der Waals surface area (Å²) in [5.74, 6) is -1.10. The van der Waals surface area contributed by atoms with Gasteiger partial charge in [0.05, 0.1) is 6.61 Å². The fraction of sp³-hybridized carbons (Fsp3) is 0.625. The smallest absolute Gasteiger partial charge is 0.328 e. The summed E-state index contributed by atoms with van der Waals surface area (Å²) in [6.07, 6.45) is 0.786. The van der Waals surface area contributed by atoms with E-state index in [0.717, 1.165) is 12.2 Å². The summed E-state index contributed by atoms with van der Waals surface area (Å²) in [7, 11) is 3.76. The fourth-order valence-corrected chi connectivity index (χ4v) is 0.576. The van der Waals surface area contributed by atoms with Crippen LogP contribution < -0.4 is 0 Å². The summed E-state index contributed by atoms with van der Waals surface area (Å²) in [6, 6.07) is 0. The van der Waals surface area contributed by atoms with Gasteiger partial charge >= 0.3 is 5.97 Å². The van der Waals surface area contributed by atoms with Gasteiger partial charge in [-0.1, -0.05) is 0 Å². The predicted molar refractivity (Wildman–Crippen MR) is 47.3 cm³/mol. The summed E-state index contributed by atoms with van der Waals surface area (Å²) < 4.78 is 4.87. The Kier molecular flexibility index (Phi) is 6.13. The number of aliphatic hydroxyl groups excluding tert-OH is 1. The number of nitrogens with zero attached hydrogens (tertiary/aromatic N) is 1. The molecule has 0 aromatic rings. The number of rotatable bonds is 6. The molecule has 0 saturated carbocycles. The first-order valence-corrected chi connectivity index (χ1v) is 3.88. The van der Waals surface area contributed by atoms with E-state index in [0.29, 0.717) is 13.2 Å². The molecule has 1 unspecified atom stereocenters. The zero-order valence-electron chi connectivity index (χ0n) is 7.80. The molecular weight excluding hydrogens is 174 g/mol. The minimum Gasteiger partial charge on any atom is -0.478 e. The van der Waals surface area contributed by atoms with Crippen LogP contribution in [0.4, 0.5) is 0 Å². The van der Waals surface area contributed by atoms with E-state index in [1.165, 1.54) is 0 Å². The number of aliphatic carboxylic acids is 1. The molecule has 0 aliphatic rings. The maximum Gasteiger partial charge on any atom is 0.328 e. The molecule has 13 heavy (non-hydrogen) atoms. The van der Waals surface area contributed by atoms with E-state index in [2.05, 4.69) is 0 Å². The summed E-state index contributed by atoms with van der Waals surface area (Å²) in [6.45, 7) is 1.04. The summed E-state index contributed by atoms with van der Waals surface area (Å²) in [5.41, 5.74) is 0. The molecule has 0 aliphatic carbocycles. The van der Waals surface area contributed by atoms with Crippen molar-refractivity contribution in [3.63, 3.8) is 0 Å². The Morgan fingerprint density at radius 3 is 2.69 bits per heavy atom. The molecule has 5 heteroatoms. The van der Waals surface area contributed by atoms with Gasteiger partial charge in [0.1, 0.15) is 0 Å². The van der Waals surface area contributed by atoms with Crippen molar-refractivity contribution in [2.45, 2.75) is 6.29 Å². The van der Waals surface area contributed by atoms with Gasteiger partial charge in [0.15, 0.2) is 6.29 Å². The lowest BCUT2D eigenvalue weighted by molar-refractivity contribution is -0.131. The molecule has 0 saturated heterocycles. The molecule has 0 amide bonds. The number of likely N-dealkylation sites (N-methyl/N-ethyl adjacent to an activating group) is 1. The number of hydrogen-bond acceptors (Lipinski definition) is 4. The molecular formula is C8H15NO4. The predicted octanol–water partition coefficient (Wildman–Crippen LogP) is -0.476. The average Bonchev–Trinajstić information content (AvgIpc) is 2.00. The molecule has 0 rings (SSSR count). The van der Waals surface area contributed by atoms with Crippen LogP contribution in [0.3, 0.4) is 0 Å². The number of carboxylic acid groups (broad SMARTS) is 1. The van der Waals surface area contributed by atoms with Gasteiger partial charge in [-0.05, 0) is 20.2 Å². The number of carbonyl (C=O) groups is 1. The Morgan fingerprint density at radius 2 is 2.23 bits per heavy atom. The van der Waals surface area contributed by atoms with E-state index in [9.17, 15) is 4.79 Å². The zero-order chi connectivity index (χ0) is 10.3.